The number of alkyl halides is 3. The van der Waals surface area contributed by atoms with E-state index < -0.39 is 11.7 Å². The fourth-order valence-electron chi connectivity index (χ4n) is 4.13. The summed E-state index contributed by atoms with van der Waals surface area (Å²) in [5, 5.41) is 0. The zero-order valence-electron chi connectivity index (χ0n) is 24.1. The zero-order chi connectivity index (χ0) is 29.3. The van der Waals surface area contributed by atoms with Gasteiger partial charge in [0.25, 0.3) is 0 Å². The average Bonchev–Trinajstić information content (AvgIpc) is 2.97. The molecule has 3 aromatic rings. The molecule has 3 rings (SSSR count). The van der Waals surface area contributed by atoms with Crippen LogP contribution in [0.15, 0.2) is 71.6 Å². The number of hydrogen-bond acceptors (Lipinski definition) is 2. The number of halogens is 3. The minimum atomic E-state index is -4.54. The topological polar surface area (TPSA) is 9.23 Å². The molecule has 41 heavy (non-hydrogen) atoms. The monoisotopic (exact) mass is 576 g/mol. The van der Waals surface area contributed by atoms with E-state index in [1.54, 1.807) is 30.3 Å². The number of unbranched alkanes of at least 4 members (excludes halogenated alkanes) is 7. The second kappa shape index (κ2) is 17.5. The standard InChI is InChI=1S/C36H39F3OS/c1-3-5-7-9-11-27-41-34-24-18-29(19-25-34)12-13-31-15-21-32(35(28-31)36(37,38)39)20-14-30-16-22-33(23-17-30)40-26-10-8-6-4-2/h15-19,21-25,28H,3-11,26-27H2,1-2H3. The molecule has 0 spiro atoms. The molecule has 0 fully saturated rings. The maximum Gasteiger partial charge on any atom is 0.417 e. The van der Waals surface area contributed by atoms with Crippen LogP contribution >= 0.6 is 11.8 Å². The van der Waals surface area contributed by atoms with Gasteiger partial charge in [-0.3, -0.25) is 0 Å². The lowest BCUT2D eigenvalue weighted by Gasteiger charge is -2.09. The van der Waals surface area contributed by atoms with Crippen LogP contribution in [-0.2, 0) is 6.18 Å². The molecule has 0 amide bonds. The van der Waals surface area contributed by atoms with Gasteiger partial charge in [0.1, 0.15) is 5.75 Å². The maximum absolute atomic E-state index is 13.9. The van der Waals surface area contributed by atoms with Gasteiger partial charge in [0, 0.05) is 27.1 Å². The largest absolute Gasteiger partial charge is 0.494 e. The third-order valence-electron chi connectivity index (χ3n) is 6.51. The van der Waals surface area contributed by atoms with Crippen LogP contribution in [0.5, 0.6) is 5.75 Å². The molecule has 0 radical (unpaired) electrons. The zero-order valence-corrected chi connectivity index (χ0v) is 24.9. The molecular weight excluding hydrogens is 537 g/mol. The molecule has 216 valence electrons. The lowest BCUT2D eigenvalue weighted by molar-refractivity contribution is -0.137. The third kappa shape index (κ3) is 12.0. The Morgan fingerprint density at radius 2 is 1.20 bits per heavy atom. The molecule has 0 aliphatic rings. The van der Waals surface area contributed by atoms with Crippen molar-refractivity contribution in [3.63, 3.8) is 0 Å². The van der Waals surface area contributed by atoms with Gasteiger partial charge >= 0.3 is 6.18 Å². The molecule has 0 N–H and O–H groups in total. The van der Waals surface area contributed by atoms with Crippen molar-refractivity contribution in [2.75, 3.05) is 12.4 Å². The molecule has 3 aromatic carbocycles. The molecule has 0 aromatic heterocycles. The van der Waals surface area contributed by atoms with Crippen molar-refractivity contribution >= 4 is 11.8 Å². The number of benzene rings is 3. The molecule has 0 saturated heterocycles. The van der Waals surface area contributed by atoms with Crippen molar-refractivity contribution in [1.82, 2.24) is 0 Å². The van der Waals surface area contributed by atoms with E-state index in [-0.39, 0.29) is 5.56 Å². The van der Waals surface area contributed by atoms with E-state index in [1.165, 1.54) is 55.9 Å². The summed E-state index contributed by atoms with van der Waals surface area (Å²) >= 11 is 1.82. The van der Waals surface area contributed by atoms with Gasteiger partial charge in [-0.05, 0) is 85.3 Å². The molecule has 5 heteroatoms. The number of hydrogen-bond donors (Lipinski definition) is 0. The first-order valence-corrected chi connectivity index (χ1v) is 15.6. The molecule has 0 unspecified atom stereocenters. The number of ether oxygens (including phenoxy) is 1. The van der Waals surface area contributed by atoms with E-state index in [1.807, 2.05) is 36.0 Å². The quantitative estimate of drug-likeness (QED) is 0.114. The van der Waals surface area contributed by atoms with Crippen LogP contribution in [0.2, 0.25) is 0 Å². The summed E-state index contributed by atoms with van der Waals surface area (Å²) in [5.41, 5.74) is 0.834. The molecular formula is C36H39F3OS. The highest BCUT2D eigenvalue weighted by atomic mass is 32.2. The van der Waals surface area contributed by atoms with E-state index in [0.29, 0.717) is 17.7 Å². The van der Waals surface area contributed by atoms with Gasteiger partial charge in [-0.15, -0.1) is 11.8 Å². The van der Waals surface area contributed by atoms with E-state index in [0.717, 1.165) is 36.0 Å². The normalized spacial score (nSPS) is 10.9. The summed E-state index contributed by atoms with van der Waals surface area (Å²) in [7, 11) is 0. The molecule has 0 aliphatic carbocycles. The lowest BCUT2D eigenvalue weighted by atomic mass is 10.0. The van der Waals surface area contributed by atoms with E-state index >= 15 is 0 Å². The van der Waals surface area contributed by atoms with Gasteiger partial charge in [-0.25, -0.2) is 0 Å². The predicted octanol–water partition coefficient (Wildman–Crippen LogP) is 10.5. The first kappa shape index (κ1) is 32.2. The van der Waals surface area contributed by atoms with Gasteiger partial charge in [0.05, 0.1) is 12.2 Å². The van der Waals surface area contributed by atoms with Crippen molar-refractivity contribution < 1.29 is 17.9 Å². The van der Waals surface area contributed by atoms with Gasteiger partial charge in [0.15, 0.2) is 0 Å². The summed E-state index contributed by atoms with van der Waals surface area (Å²) in [4.78, 5) is 1.18. The Hall–Kier alpha value is -3.28. The van der Waals surface area contributed by atoms with Crippen LogP contribution in [0.1, 0.15) is 99.5 Å². The molecule has 0 bridgehead atoms. The third-order valence-corrected chi connectivity index (χ3v) is 7.61. The first-order valence-electron chi connectivity index (χ1n) is 14.6. The fourth-order valence-corrected chi connectivity index (χ4v) is 5.05. The van der Waals surface area contributed by atoms with Crippen LogP contribution < -0.4 is 4.74 Å². The van der Waals surface area contributed by atoms with Gasteiger partial charge < -0.3 is 4.74 Å². The Kier molecular flexibility index (Phi) is 13.8. The molecule has 0 aliphatic heterocycles. The number of thioether (sulfide) groups is 1. The van der Waals surface area contributed by atoms with Crippen molar-refractivity contribution in [2.45, 2.75) is 82.7 Å². The highest BCUT2D eigenvalue weighted by molar-refractivity contribution is 7.99. The smallest absolute Gasteiger partial charge is 0.417 e. The Bertz CT molecular complexity index is 1320. The van der Waals surface area contributed by atoms with Crippen molar-refractivity contribution in [1.29, 1.82) is 0 Å². The summed E-state index contributed by atoms with van der Waals surface area (Å²) < 4.78 is 47.3. The van der Waals surface area contributed by atoms with Crippen LogP contribution in [0.25, 0.3) is 0 Å². The van der Waals surface area contributed by atoms with Gasteiger partial charge in [-0.2, -0.15) is 13.2 Å². The summed E-state index contributed by atoms with van der Waals surface area (Å²) in [6, 6.07) is 19.1. The minimum Gasteiger partial charge on any atom is -0.494 e. The van der Waals surface area contributed by atoms with Crippen molar-refractivity contribution in [2.24, 2.45) is 0 Å². The van der Waals surface area contributed by atoms with E-state index in [2.05, 4.69) is 37.5 Å². The van der Waals surface area contributed by atoms with Gasteiger partial charge in [0.2, 0.25) is 0 Å². The molecule has 0 atom stereocenters. The molecule has 0 heterocycles. The first-order chi connectivity index (χ1) is 19.9. The second-order valence-corrected chi connectivity index (χ2v) is 11.1. The maximum atomic E-state index is 13.9. The van der Waals surface area contributed by atoms with Crippen molar-refractivity contribution in [3.8, 4) is 29.4 Å². The van der Waals surface area contributed by atoms with Crippen LogP contribution in [0.3, 0.4) is 0 Å². The lowest BCUT2D eigenvalue weighted by Crippen LogP contribution is -2.08. The van der Waals surface area contributed by atoms with Crippen LogP contribution in [0.4, 0.5) is 13.2 Å². The minimum absolute atomic E-state index is 0.0737. The summed E-state index contributed by atoms with van der Waals surface area (Å²) in [6.45, 7) is 5.03. The van der Waals surface area contributed by atoms with Crippen LogP contribution in [-0.4, -0.2) is 12.4 Å². The second-order valence-electron chi connectivity index (χ2n) is 9.98. The Morgan fingerprint density at radius 3 is 1.85 bits per heavy atom. The predicted molar refractivity (Wildman–Crippen MR) is 165 cm³/mol. The van der Waals surface area contributed by atoms with Crippen LogP contribution in [0, 0.1) is 23.7 Å². The molecule has 1 nitrogen and oxygen atoms in total. The Balaban J connectivity index is 1.63. The Morgan fingerprint density at radius 1 is 0.634 bits per heavy atom. The number of rotatable bonds is 13. The average molecular weight is 577 g/mol. The highest BCUT2D eigenvalue weighted by Crippen LogP contribution is 2.32. The summed E-state index contributed by atoms with van der Waals surface area (Å²) in [6.07, 6.45) is 6.26. The van der Waals surface area contributed by atoms with E-state index in [4.69, 9.17) is 4.74 Å². The van der Waals surface area contributed by atoms with Crippen molar-refractivity contribution in [3.05, 3.63) is 94.5 Å². The van der Waals surface area contributed by atoms with E-state index in [9.17, 15) is 13.2 Å². The van der Waals surface area contributed by atoms with Gasteiger partial charge in [-0.1, -0.05) is 82.5 Å². The summed E-state index contributed by atoms with van der Waals surface area (Å²) in [5.74, 6) is 13.2. The SMILES string of the molecule is CCCCCCCSc1ccc(C#Cc2ccc(C#Cc3ccc(OCCCCCC)cc3)c(C(F)(F)F)c2)cc1. The molecule has 0 saturated carbocycles. The highest BCUT2D eigenvalue weighted by Gasteiger charge is 2.33. The fraction of sp³-hybridized carbons (Fsp3) is 0.389. The Labute approximate surface area is 248 Å².